The van der Waals surface area contributed by atoms with Gasteiger partial charge in [-0.1, -0.05) is 11.6 Å². The van der Waals surface area contributed by atoms with Crippen molar-refractivity contribution in [3.63, 3.8) is 0 Å². The van der Waals surface area contributed by atoms with Gasteiger partial charge < -0.3 is 15.7 Å². The maximum Gasteiger partial charge on any atom is 0.0635 e. The Bertz CT molecular complexity index is 370. The molecule has 0 aliphatic carbocycles. The number of nitrogens with two attached hydrogens (primary N) is 1. The minimum atomic E-state index is 0.183. The quantitative estimate of drug-likeness (QED) is 0.780. The van der Waals surface area contributed by atoms with Crippen molar-refractivity contribution in [1.82, 2.24) is 0 Å². The van der Waals surface area contributed by atoms with Crippen molar-refractivity contribution >= 4 is 23.0 Å². The summed E-state index contributed by atoms with van der Waals surface area (Å²) in [6.45, 7) is 1.14. The van der Waals surface area contributed by atoms with Crippen molar-refractivity contribution in [2.45, 2.75) is 25.3 Å². The van der Waals surface area contributed by atoms with Gasteiger partial charge in [-0.2, -0.15) is 0 Å². The molecule has 1 atom stereocenters. The van der Waals surface area contributed by atoms with Crippen LogP contribution < -0.4 is 10.6 Å². The predicted molar refractivity (Wildman–Crippen MR) is 67.9 cm³/mol. The molecule has 2 rings (SSSR count). The first-order valence-electron chi connectivity index (χ1n) is 5.65. The average Bonchev–Trinajstić information content (AvgIpc) is 2.29. The van der Waals surface area contributed by atoms with Crippen molar-refractivity contribution in [3.8, 4) is 0 Å². The van der Waals surface area contributed by atoms with E-state index in [1.165, 1.54) is 6.42 Å². The molecular formula is C12H17ClN2O. The van der Waals surface area contributed by atoms with E-state index in [-0.39, 0.29) is 12.6 Å². The number of nitrogen functional groups attached to an aromatic ring is 1. The molecular weight excluding hydrogens is 224 g/mol. The van der Waals surface area contributed by atoms with Crippen LogP contribution in [0, 0.1) is 0 Å². The summed E-state index contributed by atoms with van der Waals surface area (Å²) >= 11 is 5.88. The van der Waals surface area contributed by atoms with Gasteiger partial charge in [0.2, 0.25) is 0 Å². The molecule has 4 heteroatoms. The van der Waals surface area contributed by atoms with Crippen LogP contribution in [0.15, 0.2) is 18.2 Å². The molecule has 0 saturated carbocycles. The Morgan fingerprint density at radius 2 is 2.25 bits per heavy atom. The highest BCUT2D eigenvalue weighted by molar-refractivity contribution is 6.31. The Morgan fingerprint density at radius 1 is 1.44 bits per heavy atom. The molecule has 1 fully saturated rings. The lowest BCUT2D eigenvalue weighted by molar-refractivity contribution is 0.240. The number of benzene rings is 1. The molecule has 0 bridgehead atoms. The maximum atomic E-state index is 9.36. The summed E-state index contributed by atoms with van der Waals surface area (Å²) < 4.78 is 0. The highest BCUT2D eigenvalue weighted by Gasteiger charge is 2.23. The zero-order chi connectivity index (χ0) is 11.5. The Kier molecular flexibility index (Phi) is 3.56. The molecule has 1 unspecified atom stereocenters. The number of rotatable bonds is 2. The number of anilines is 2. The van der Waals surface area contributed by atoms with E-state index in [1.54, 1.807) is 6.07 Å². The van der Waals surface area contributed by atoms with E-state index < -0.39 is 0 Å². The molecule has 3 nitrogen and oxygen atoms in total. The van der Waals surface area contributed by atoms with Gasteiger partial charge in [0.05, 0.1) is 24.0 Å². The highest BCUT2D eigenvalue weighted by atomic mass is 35.5. The van der Waals surface area contributed by atoms with E-state index in [0.29, 0.717) is 10.7 Å². The van der Waals surface area contributed by atoms with Gasteiger partial charge in [-0.25, -0.2) is 0 Å². The number of hydrogen-bond acceptors (Lipinski definition) is 3. The molecule has 1 aliphatic rings. The number of piperidine rings is 1. The third-order valence-corrected chi connectivity index (χ3v) is 3.37. The van der Waals surface area contributed by atoms with Gasteiger partial charge in [0.15, 0.2) is 0 Å². The van der Waals surface area contributed by atoms with Gasteiger partial charge in [-0.05, 0) is 37.5 Å². The molecule has 3 N–H and O–H groups in total. The number of aliphatic hydroxyl groups excluding tert-OH is 1. The summed E-state index contributed by atoms with van der Waals surface area (Å²) in [6.07, 6.45) is 3.35. The molecule has 1 saturated heterocycles. The van der Waals surface area contributed by atoms with Gasteiger partial charge in [0.1, 0.15) is 0 Å². The van der Waals surface area contributed by atoms with E-state index in [2.05, 4.69) is 4.90 Å². The monoisotopic (exact) mass is 240 g/mol. The van der Waals surface area contributed by atoms with Crippen LogP contribution in [-0.4, -0.2) is 24.3 Å². The molecule has 88 valence electrons. The van der Waals surface area contributed by atoms with Crippen molar-refractivity contribution in [2.24, 2.45) is 0 Å². The fraction of sp³-hybridized carbons (Fsp3) is 0.500. The fourth-order valence-electron chi connectivity index (χ4n) is 2.29. The second-order valence-electron chi connectivity index (χ2n) is 4.23. The lowest BCUT2D eigenvalue weighted by atomic mass is 10.0. The van der Waals surface area contributed by atoms with Gasteiger partial charge in [0, 0.05) is 11.6 Å². The molecule has 0 radical (unpaired) electrons. The van der Waals surface area contributed by atoms with Crippen LogP contribution >= 0.6 is 11.6 Å². The molecule has 1 aliphatic heterocycles. The van der Waals surface area contributed by atoms with Crippen molar-refractivity contribution < 1.29 is 5.11 Å². The van der Waals surface area contributed by atoms with E-state index in [0.717, 1.165) is 25.1 Å². The van der Waals surface area contributed by atoms with Gasteiger partial charge in [0.25, 0.3) is 0 Å². The molecule has 1 aromatic rings. The van der Waals surface area contributed by atoms with Crippen LogP contribution in [0.5, 0.6) is 0 Å². The highest BCUT2D eigenvalue weighted by Crippen LogP contribution is 2.31. The van der Waals surface area contributed by atoms with Crippen LogP contribution in [0.3, 0.4) is 0 Å². The summed E-state index contributed by atoms with van der Waals surface area (Å²) in [4.78, 5) is 2.19. The van der Waals surface area contributed by atoms with E-state index >= 15 is 0 Å². The zero-order valence-electron chi connectivity index (χ0n) is 9.19. The van der Waals surface area contributed by atoms with Gasteiger partial charge >= 0.3 is 0 Å². The number of aliphatic hydroxyl groups is 1. The average molecular weight is 241 g/mol. The molecule has 16 heavy (non-hydrogen) atoms. The normalized spacial score (nSPS) is 21.1. The van der Waals surface area contributed by atoms with Crippen LogP contribution in [0.25, 0.3) is 0 Å². The largest absolute Gasteiger partial charge is 0.397 e. The van der Waals surface area contributed by atoms with E-state index in [4.69, 9.17) is 17.3 Å². The maximum absolute atomic E-state index is 9.36. The summed E-state index contributed by atoms with van der Waals surface area (Å²) in [5.41, 5.74) is 7.64. The van der Waals surface area contributed by atoms with Crippen LogP contribution in [-0.2, 0) is 0 Å². The van der Waals surface area contributed by atoms with Gasteiger partial charge in [-0.15, -0.1) is 0 Å². The predicted octanol–water partition coefficient (Wildman–Crippen LogP) is 2.27. The van der Waals surface area contributed by atoms with Crippen LogP contribution in [0.2, 0.25) is 5.02 Å². The summed E-state index contributed by atoms with van der Waals surface area (Å²) in [6, 6.07) is 5.74. The Morgan fingerprint density at radius 3 is 2.94 bits per heavy atom. The van der Waals surface area contributed by atoms with Crippen molar-refractivity contribution in [1.29, 1.82) is 0 Å². The van der Waals surface area contributed by atoms with Gasteiger partial charge in [-0.3, -0.25) is 0 Å². The molecule has 1 aromatic carbocycles. The lowest BCUT2D eigenvalue weighted by Crippen LogP contribution is -2.42. The van der Waals surface area contributed by atoms with E-state index in [9.17, 15) is 5.11 Å². The topological polar surface area (TPSA) is 49.5 Å². The SMILES string of the molecule is Nc1cc(Cl)ccc1N1CCCCC1CO. The van der Waals surface area contributed by atoms with Crippen LogP contribution in [0.1, 0.15) is 19.3 Å². The smallest absolute Gasteiger partial charge is 0.0635 e. The number of hydrogen-bond donors (Lipinski definition) is 2. The lowest BCUT2D eigenvalue weighted by Gasteiger charge is -2.37. The first-order chi connectivity index (χ1) is 7.72. The second kappa shape index (κ2) is 4.93. The summed E-state index contributed by atoms with van der Waals surface area (Å²) in [7, 11) is 0. The summed E-state index contributed by atoms with van der Waals surface area (Å²) in [5.74, 6) is 0. The van der Waals surface area contributed by atoms with Crippen LogP contribution in [0.4, 0.5) is 11.4 Å². The Balaban J connectivity index is 2.27. The zero-order valence-corrected chi connectivity index (χ0v) is 9.95. The van der Waals surface area contributed by atoms with E-state index in [1.807, 2.05) is 12.1 Å². The van der Waals surface area contributed by atoms with Crippen molar-refractivity contribution in [3.05, 3.63) is 23.2 Å². The Labute approximate surface area is 101 Å². The summed E-state index contributed by atoms with van der Waals surface area (Å²) in [5, 5.41) is 10.0. The first kappa shape index (κ1) is 11.6. The fourth-order valence-corrected chi connectivity index (χ4v) is 2.47. The number of halogens is 1. The Hall–Kier alpha value is -0.930. The van der Waals surface area contributed by atoms with Crippen molar-refractivity contribution in [2.75, 3.05) is 23.8 Å². The molecule has 0 spiro atoms. The second-order valence-corrected chi connectivity index (χ2v) is 4.67. The minimum absolute atomic E-state index is 0.183. The number of nitrogens with zero attached hydrogens (tertiary/aromatic N) is 1. The minimum Gasteiger partial charge on any atom is -0.397 e. The standard InChI is InChI=1S/C12H17ClN2O/c13-9-4-5-12(11(14)7-9)15-6-2-1-3-10(15)8-16/h4-5,7,10,16H,1-3,6,8,14H2. The third-order valence-electron chi connectivity index (χ3n) is 3.14. The third kappa shape index (κ3) is 2.25. The first-order valence-corrected chi connectivity index (χ1v) is 6.02. The molecule has 0 aromatic heterocycles. The molecule has 1 heterocycles. The molecule has 0 amide bonds.